The summed E-state index contributed by atoms with van der Waals surface area (Å²) in [5, 5.41) is -0.672. The van der Waals surface area contributed by atoms with E-state index in [2.05, 4.69) is 15.7 Å². The molecule has 2 rings (SSSR count). The van der Waals surface area contributed by atoms with E-state index in [1.165, 1.54) is 6.92 Å². The van der Waals surface area contributed by atoms with Gasteiger partial charge >= 0.3 is 12.2 Å². The maximum absolute atomic E-state index is 14.3. The Bertz CT molecular complexity index is 910. The lowest BCUT2D eigenvalue weighted by Crippen LogP contribution is -2.33. The molecule has 132 valence electrons. The molecule has 0 saturated carbocycles. The van der Waals surface area contributed by atoms with Crippen LogP contribution in [-0.2, 0) is 0 Å². The molecule has 0 aliphatic carbocycles. The monoisotopic (exact) mass is 392 g/mol. The molecule has 0 N–H and O–H groups in total. The van der Waals surface area contributed by atoms with Gasteiger partial charge in [-0.2, -0.15) is 8.78 Å². The van der Waals surface area contributed by atoms with Gasteiger partial charge in [0.05, 0.1) is 10.7 Å². The van der Waals surface area contributed by atoms with Crippen LogP contribution in [0.1, 0.15) is 5.82 Å². The van der Waals surface area contributed by atoms with Gasteiger partial charge in [0.2, 0.25) is 0 Å². The molecular weight excluding hydrogens is 384 g/mol. The Kier molecular flexibility index (Phi) is 5.82. The van der Waals surface area contributed by atoms with E-state index in [-0.39, 0.29) is 39.2 Å². The molecule has 0 bridgehead atoms. The maximum Gasteiger partial charge on any atom is 0.405 e. The van der Waals surface area contributed by atoms with Gasteiger partial charge in [-0.15, -0.1) is 11.2 Å². The molecule has 1 aromatic carbocycles. The van der Waals surface area contributed by atoms with Crippen LogP contribution in [0.25, 0.3) is 11.3 Å². The molecule has 0 spiro atoms. The van der Waals surface area contributed by atoms with Crippen LogP contribution in [0.4, 0.5) is 13.2 Å². The molecule has 0 aliphatic rings. The molecule has 1 aromatic heterocycles. The van der Waals surface area contributed by atoms with Gasteiger partial charge in [-0.25, -0.2) is 9.37 Å². The Morgan fingerprint density at radius 2 is 2.08 bits per heavy atom. The summed E-state index contributed by atoms with van der Waals surface area (Å²) in [5.74, 6) is 1.15. The highest BCUT2D eigenvalue weighted by atomic mass is 35.5. The van der Waals surface area contributed by atoms with E-state index < -0.39 is 23.0 Å². The summed E-state index contributed by atoms with van der Waals surface area (Å²) < 4.78 is 44.4. The summed E-state index contributed by atoms with van der Waals surface area (Å²) in [4.78, 5) is 20.0. The molecule has 0 fully saturated rings. The van der Waals surface area contributed by atoms with Crippen molar-refractivity contribution in [3.05, 3.63) is 44.2 Å². The number of nitrogens with zero attached hydrogens (tertiary/aromatic N) is 2. The third kappa shape index (κ3) is 4.00. The largest absolute Gasteiger partial charge is 0.479 e. The third-order valence-corrected chi connectivity index (χ3v) is 3.56. The van der Waals surface area contributed by atoms with Crippen molar-refractivity contribution >= 4 is 23.2 Å². The Hall–Kier alpha value is -2.37. The molecule has 0 radical (unpaired) electrons. The lowest BCUT2D eigenvalue weighted by molar-refractivity contribution is -0.138. The first-order chi connectivity index (χ1) is 11.8. The Labute approximate surface area is 149 Å². The van der Waals surface area contributed by atoms with Crippen molar-refractivity contribution in [1.82, 2.24) is 9.71 Å². The summed E-state index contributed by atoms with van der Waals surface area (Å²) in [6.45, 7) is -2.18. The number of aromatic nitrogens is 2. The van der Waals surface area contributed by atoms with Crippen LogP contribution < -0.4 is 15.1 Å². The summed E-state index contributed by atoms with van der Waals surface area (Å²) in [7, 11) is 0. The van der Waals surface area contributed by atoms with Crippen molar-refractivity contribution in [3.63, 3.8) is 0 Å². The minimum Gasteiger partial charge on any atom is -0.479 e. The highest BCUT2D eigenvalue weighted by Crippen LogP contribution is 2.34. The number of aryl methyl sites for hydroxylation is 1. The first kappa shape index (κ1) is 19.0. The first-order valence-electron chi connectivity index (χ1n) is 6.56. The van der Waals surface area contributed by atoms with Gasteiger partial charge in [0.1, 0.15) is 29.0 Å². The molecular formula is C15H9Cl2F3N2O3. The van der Waals surface area contributed by atoms with Crippen molar-refractivity contribution in [2.45, 2.75) is 13.5 Å². The molecule has 0 aliphatic heterocycles. The lowest BCUT2D eigenvalue weighted by atomic mass is 10.1. The Balaban J connectivity index is 2.63. The van der Waals surface area contributed by atoms with E-state index in [4.69, 9.17) is 34.4 Å². The van der Waals surface area contributed by atoms with Gasteiger partial charge in [-0.3, -0.25) is 4.79 Å². The Morgan fingerprint density at radius 1 is 1.40 bits per heavy atom. The zero-order valence-electron chi connectivity index (χ0n) is 12.5. The van der Waals surface area contributed by atoms with Crippen LogP contribution >= 0.6 is 23.2 Å². The number of ether oxygens (including phenoxy) is 1. The second-order valence-corrected chi connectivity index (χ2v) is 5.33. The summed E-state index contributed by atoms with van der Waals surface area (Å²) in [5.41, 5.74) is -1.62. The second-order valence-electron chi connectivity index (χ2n) is 4.54. The normalized spacial score (nSPS) is 10.6. The molecule has 0 unspecified atom stereocenters. The van der Waals surface area contributed by atoms with Gasteiger partial charge in [-0.05, 0) is 19.1 Å². The molecule has 0 saturated heterocycles. The summed E-state index contributed by atoms with van der Waals surface area (Å²) in [6.07, 6.45) is 5.08. The van der Waals surface area contributed by atoms with E-state index in [0.717, 1.165) is 12.1 Å². The van der Waals surface area contributed by atoms with Crippen molar-refractivity contribution in [1.29, 1.82) is 0 Å². The smallest absolute Gasteiger partial charge is 0.405 e. The van der Waals surface area contributed by atoms with Crippen LogP contribution in [0.15, 0.2) is 16.9 Å². The van der Waals surface area contributed by atoms with Crippen molar-refractivity contribution in [2.75, 3.05) is 6.61 Å². The Morgan fingerprint density at radius 3 is 2.68 bits per heavy atom. The van der Waals surface area contributed by atoms with E-state index >= 15 is 0 Å². The zero-order chi connectivity index (χ0) is 18.7. The van der Waals surface area contributed by atoms with Crippen molar-refractivity contribution in [3.8, 4) is 29.4 Å². The van der Waals surface area contributed by atoms with Gasteiger partial charge in [0.25, 0.3) is 0 Å². The summed E-state index contributed by atoms with van der Waals surface area (Å²) >= 11 is 11.7. The van der Waals surface area contributed by atoms with E-state index in [0.29, 0.717) is 0 Å². The number of hydrogen-bond donors (Lipinski definition) is 0. The zero-order valence-corrected chi connectivity index (χ0v) is 14.0. The van der Waals surface area contributed by atoms with Crippen LogP contribution in [0.3, 0.4) is 0 Å². The molecule has 0 amide bonds. The van der Waals surface area contributed by atoms with Crippen LogP contribution in [0.5, 0.6) is 5.75 Å². The maximum atomic E-state index is 14.3. The minimum absolute atomic E-state index is 0.0412. The summed E-state index contributed by atoms with van der Waals surface area (Å²) in [6, 6.07) is 2.08. The molecule has 5 nitrogen and oxygen atoms in total. The van der Waals surface area contributed by atoms with E-state index in [9.17, 15) is 18.0 Å². The number of rotatable bonds is 5. The number of halogens is 5. The average molecular weight is 393 g/mol. The van der Waals surface area contributed by atoms with E-state index in [1.54, 1.807) is 0 Å². The predicted octanol–water partition coefficient (Wildman–Crippen LogP) is 3.33. The van der Waals surface area contributed by atoms with E-state index in [1.807, 2.05) is 0 Å². The van der Waals surface area contributed by atoms with Gasteiger partial charge < -0.3 is 9.57 Å². The first-order valence-corrected chi connectivity index (χ1v) is 7.32. The van der Waals surface area contributed by atoms with Gasteiger partial charge in [0, 0.05) is 5.56 Å². The second kappa shape index (κ2) is 7.68. The van der Waals surface area contributed by atoms with Crippen LogP contribution in [0, 0.1) is 25.1 Å². The minimum atomic E-state index is -3.27. The number of hydrogen-bond acceptors (Lipinski definition) is 4. The lowest BCUT2D eigenvalue weighted by Gasteiger charge is -2.14. The molecule has 2 aromatic rings. The SMILES string of the molecule is C#CCOc1cc(-c2nc(C)n(OC(F)F)c(=O)c2Cl)c(F)cc1Cl. The fourth-order valence-electron chi connectivity index (χ4n) is 1.92. The predicted molar refractivity (Wildman–Crippen MR) is 85.6 cm³/mol. The highest BCUT2D eigenvalue weighted by molar-refractivity contribution is 6.33. The van der Waals surface area contributed by atoms with Crippen LogP contribution in [0.2, 0.25) is 10.0 Å². The topological polar surface area (TPSA) is 53.4 Å². The number of benzene rings is 1. The fourth-order valence-corrected chi connectivity index (χ4v) is 2.34. The van der Waals surface area contributed by atoms with Gasteiger partial charge in [0.15, 0.2) is 0 Å². The number of terminal acetylenes is 1. The van der Waals surface area contributed by atoms with Crippen LogP contribution in [-0.4, -0.2) is 22.9 Å². The van der Waals surface area contributed by atoms with Crippen molar-refractivity contribution < 1.29 is 22.7 Å². The third-order valence-electron chi connectivity index (χ3n) is 2.92. The van der Waals surface area contributed by atoms with Gasteiger partial charge in [-0.1, -0.05) is 29.1 Å². The molecule has 10 heteroatoms. The average Bonchev–Trinajstić information content (AvgIpc) is 2.54. The standard InChI is InChI=1S/C15H9Cl2F3N2O3/c1-3-4-24-11-5-8(10(18)6-9(11)16)13-12(17)14(23)22(7(2)21-13)25-15(19)20/h1,5-6,15H,4H2,2H3. The highest BCUT2D eigenvalue weighted by Gasteiger charge is 2.21. The molecule has 25 heavy (non-hydrogen) atoms. The number of alkyl halides is 2. The quantitative estimate of drug-likeness (QED) is 0.732. The molecule has 1 heterocycles. The van der Waals surface area contributed by atoms with Crippen molar-refractivity contribution in [2.24, 2.45) is 0 Å². The fraction of sp³-hybridized carbons (Fsp3) is 0.200. The molecule has 0 atom stereocenters.